The molecule has 0 saturated heterocycles. The lowest BCUT2D eigenvalue weighted by atomic mass is 10.0. The van der Waals surface area contributed by atoms with Crippen molar-refractivity contribution in [2.45, 2.75) is 27.3 Å². The van der Waals surface area contributed by atoms with Crippen LogP contribution in [0.15, 0.2) is 54.3 Å². The molecule has 1 aromatic heterocycles. The number of ether oxygens (including phenoxy) is 1. The summed E-state index contributed by atoms with van der Waals surface area (Å²) in [5.74, 6) is 1.83. The number of rotatable bonds is 2. The van der Waals surface area contributed by atoms with Gasteiger partial charge in [0.05, 0.1) is 6.08 Å². The molecule has 1 aliphatic heterocycles. The molecule has 0 aliphatic carbocycles. The monoisotopic (exact) mass is 334 g/mol. The maximum atomic E-state index is 6.10. The second-order valence-electron chi connectivity index (χ2n) is 6.13. The van der Waals surface area contributed by atoms with E-state index in [1.165, 1.54) is 31.9 Å². The molecular formula is C21H20NOS+. The second-order valence-corrected chi connectivity index (χ2v) is 7.19. The van der Waals surface area contributed by atoms with Gasteiger partial charge in [-0.3, -0.25) is 0 Å². The molecule has 3 aromatic rings. The van der Waals surface area contributed by atoms with E-state index < -0.39 is 0 Å². The van der Waals surface area contributed by atoms with Gasteiger partial charge in [-0.1, -0.05) is 35.6 Å². The lowest BCUT2D eigenvalue weighted by Crippen LogP contribution is -2.33. The Morgan fingerprint density at radius 1 is 1.12 bits per heavy atom. The molecule has 0 spiro atoms. The number of para-hydroxylation sites is 1. The van der Waals surface area contributed by atoms with Crippen molar-refractivity contribution in [3.05, 3.63) is 70.4 Å². The van der Waals surface area contributed by atoms with Gasteiger partial charge in [-0.15, -0.1) is 0 Å². The SMILES string of the molecule is CC[n+]1c(C=C2C=C(C)c3ccccc3O2)sc2ccc(C)cc21. The Hall–Kier alpha value is -2.39. The summed E-state index contributed by atoms with van der Waals surface area (Å²) in [6.45, 7) is 7.41. The van der Waals surface area contributed by atoms with Gasteiger partial charge in [0.25, 0.3) is 5.01 Å². The van der Waals surface area contributed by atoms with Crippen LogP contribution in [0.5, 0.6) is 5.75 Å². The van der Waals surface area contributed by atoms with Gasteiger partial charge in [-0.05, 0) is 50.1 Å². The number of hydrogen-bond donors (Lipinski definition) is 0. The van der Waals surface area contributed by atoms with Crippen LogP contribution in [0.25, 0.3) is 21.9 Å². The summed E-state index contributed by atoms with van der Waals surface area (Å²) in [5, 5.41) is 1.22. The zero-order chi connectivity index (χ0) is 16.7. The van der Waals surface area contributed by atoms with Gasteiger partial charge < -0.3 is 4.74 Å². The summed E-state index contributed by atoms with van der Waals surface area (Å²) in [4.78, 5) is 0. The minimum absolute atomic E-state index is 0.900. The van der Waals surface area contributed by atoms with Crippen molar-refractivity contribution < 1.29 is 9.30 Å². The first kappa shape index (κ1) is 15.2. The highest BCUT2D eigenvalue weighted by atomic mass is 32.1. The highest BCUT2D eigenvalue weighted by Gasteiger charge is 2.20. The second kappa shape index (κ2) is 5.91. The first-order valence-corrected chi connectivity index (χ1v) is 9.07. The fourth-order valence-corrected chi connectivity index (χ4v) is 4.31. The molecule has 0 N–H and O–H groups in total. The van der Waals surface area contributed by atoms with Gasteiger partial charge in [0.15, 0.2) is 0 Å². The maximum Gasteiger partial charge on any atom is 0.266 e. The van der Waals surface area contributed by atoms with Crippen LogP contribution in [-0.2, 0) is 6.54 Å². The number of aromatic nitrogens is 1. The summed E-state index contributed by atoms with van der Waals surface area (Å²) < 4.78 is 9.77. The maximum absolute atomic E-state index is 6.10. The molecule has 0 unspecified atom stereocenters. The van der Waals surface area contributed by atoms with E-state index in [2.05, 4.69) is 61.8 Å². The number of allylic oxidation sites excluding steroid dienone is 2. The summed E-state index contributed by atoms with van der Waals surface area (Å²) >= 11 is 1.81. The lowest BCUT2D eigenvalue weighted by molar-refractivity contribution is -0.665. The molecule has 1 aliphatic rings. The normalized spacial score (nSPS) is 15.3. The van der Waals surface area contributed by atoms with Gasteiger partial charge in [0, 0.05) is 11.6 Å². The predicted octanol–water partition coefficient (Wildman–Crippen LogP) is 5.35. The third-order valence-electron chi connectivity index (χ3n) is 4.37. The van der Waals surface area contributed by atoms with Gasteiger partial charge in [0.2, 0.25) is 5.52 Å². The predicted molar refractivity (Wildman–Crippen MR) is 101 cm³/mol. The zero-order valence-electron chi connectivity index (χ0n) is 14.2. The molecule has 24 heavy (non-hydrogen) atoms. The number of nitrogens with zero attached hydrogens (tertiary/aromatic N) is 1. The quantitative estimate of drug-likeness (QED) is 0.576. The van der Waals surface area contributed by atoms with E-state index in [4.69, 9.17) is 4.74 Å². The average molecular weight is 334 g/mol. The van der Waals surface area contributed by atoms with Gasteiger partial charge in [-0.2, -0.15) is 4.57 Å². The van der Waals surface area contributed by atoms with Crippen molar-refractivity contribution in [1.29, 1.82) is 0 Å². The average Bonchev–Trinajstić information content (AvgIpc) is 2.91. The van der Waals surface area contributed by atoms with E-state index in [-0.39, 0.29) is 0 Å². The van der Waals surface area contributed by atoms with E-state index in [1.807, 2.05) is 29.5 Å². The molecule has 0 fully saturated rings. The van der Waals surface area contributed by atoms with Crippen LogP contribution < -0.4 is 9.30 Å². The van der Waals surface area contributed by atoms with Crippen molar-refractivity contribution in [3.8, 4) is 5.75 Å². The first-order chi connectivity index (χ1) is 11.7. The van der Waals surface area contributed by atoms with E-state index in [0.717, 1.165) is 18.1 Å². The molecule has 2 heterocycles. The van der Waals surface area contributed by atoms with Crippen molar-refractivity contribution in [2.75, 3.05) is 0 Å². The third-order valence-corrected chi connectivity index (χ3v) is 5.48. The van der Waals surface area contributed by atoms with Crippen LogP contribution in [0.4, 0.5) is 0 Å². The Labute approximate surface area is 146 Å². The topological polar surface area (TPSA) is 13.1 Å². The Morgan fingerprint density at radius 3 is 2.79 bits per heavy atom. The molecule has 0 saturated carbocycles. The van der Waals surface area contributed by atoms with Crippen LogP contribution in [-0.4, -0.2) is 0 Å². The molecule has 0 atom stereocenters. The van der Waals surface area contributed by atoms with Crippen LogP contribution >= 0.6 is 11.3 Å². The van der Waals surface area contributed by atoms with Crippen molar-refractivity contribution >= 4 is 33.2 Å². The molecule has 0 amide bonds. The standard InChI is InChI=1S/C21H20NOS/c1-4-22-18-11-14(2)9-10-20(18)24-21(22)13-16-12-15(3)17-7-5-6-8-19(17)23-16/h5-13H,4H2,1-3H3/q+1. The summed E-state index contributed by atoms with van der Waals surface area (Å²) in [6.07, 6.45) is 4.28. The zero-order valence-corrected chi connectivity index (χ0v) is 15.0. The number of thiazole rings is 1. The Kier molecular flexibility index (Phi) is 3.73. The van der Waals surface area contributed by atoms with Crippen LogP contribution in [0, 0.1) is 6.92 Å². The fourth-order valence-electron chi connectivity index (χ4n) is 3.17. The van der Waals surface area contributed by atoms with Gasteiger partial charge in [0.1, 0.15) is 22.8 Å². The molecule has 2 aromatic carbocycles. The van der Waals surface area contributed by atoms with E-state index >= 15 is 0 Å². The minimum Gasteiger partial charge on any atom is -0.456 e. The Balaban J connectivity index is 1.82. The number of fused-ring (bicyclic) bond motifs is 2. The number of aryl methyl sites for hydroxylation is 2. The third kappa shape index (κ3) is 2.55. The van der Waals surface area contributed by atoms with Crippen LogP contribution in [0.2, 0.25) is 0 Å². The van der Waals surface area contributed by atoms with E-state index in [9.17, 15) is 0 Å². The fraction of sp³-hybridized carbons (Fsp3) is 0.190. The summed E-state index contributed by atoms with van der Waals surface area (Å²) in [5.41, 5.74) is 5.00. The summed E-state index contributed by atoms with van der Waals surface area (Å²) in [6, 6.07) is 14.8. The molecular weight excluding hydrogens is 314 g/mol. The minimum atomic E-state index is 0.900. The molecule has 0 bridgehead atoms. The van der Waals surface area contributed by atoms with E-state index in [0.29, 0.717) is 0 Å². The molecule has 120 valence electrons. The smallest absolute Gasteiger partial charge is 0.266 e. The lowest BCUT2D eigenvalue weighted by Gasteiger charge is -2.17. The summed E-state index contributed by atoms with van der Waals surface area (Å²) in [7, 11) is 0. The number of benzene rings is 2. The van der Waals surface area contributed by atoms with Crippen LogP contribution in [0.3, 0.4) is 0 Å². The molecule has 3 heteroatoms. The molecule has 4 rings (SSSR count). The van der Waals surface area contributed by atoms with Crippen LogP contribution in [0.1, 0.15) is 30.0 Å². The highest BCUT2D eigenvalue weighted by molar-refractivity contribution is 7.18. The van der Waals surface area contributed by atoms with Gasteiger partial charge >= 0.3 is 0 Å². The number of hydrogen-bond acceptors (Lipinski definition) is 2. The first-order valence-electron chi connectivity index (χ1n) is 8.26. The van der Waals surface area contributed by atoms with E-state index in [1.54, 1.807) is 0 Å². The van der Waals surface area contributed by atoms with Crippen molar-refractivity contribution in [3.63, 3.8) is 0 Å². The van der Waals surface area contributed by atoms with Gasteiger partial charge in [-0.25, -0.2) is 0 Å². The largest absolute Gasteiger partial charge is 0.456 e. The van der Waals surface area contributed by atoms with Crippen molar-refractivity contribution in [2.24, 2.45) is 0 Å². The molecule has 0 radical (unpaired) electrons. The highest BCUT2D eigenvalue weighted by Crippen LogP contribution is 2.33. The Morgan fingerprint density at radius 2 is 1.96 bits per heavy atom. The Bertz CT molecular complexity index is 994. The van der Waals surface area contributed by atoms with Crippen molar-refractivity contribution in [1.82, 2.24) is 0 Å². The molecule has 2 nitrogen and oxygen atoms in total.